The summed E-state index contributed by atoms with van der Waals surface area (Å²) in [5.41, 5.74) is 3.38. The fraction of sp³-hybridized carbons (Fsp3) is 0.174. The number of nitrogens with zero attached hydrogens (tertiary/aromatic N) is 1. The minimum atomic E-state index is -3.92. The Kier molecular flexibility index (Phi) is 5.22. The lowest BCUT2D eigenvalue weighted by Gasteiger charge is -2.35. The maximum absolute atomic E-state index is 13.8. The molecule has 3 aromatic rings. The number of amides is 1. The largest absolute Gasteiger partial charge is 0.358 e. The van der Waals surface area contributed by atoms with Crippen molar-refractivity contribution in [3.63, 3.8) is 0 Å². The molecular weight excluding hydrogens is 384 g/mol. The summed E-state index contributed by atoms with van der Waals surface area (Å²) < 4.78 is 28.9. The van der Waals surface area contributed by atoms with E-state index in [2.05, 4.69) is 5.32 Å². The normalized spacial score (nSPS) is 16.8. The summed E-state index contributed by atoms with van der Waals surface area (Å²) in [5, 5.41) is 2.62. The van der Waals surface area contributed by atoms with Gasteiger partial charge in [0.15, 0.2) is 0 Å². The average molecular weight is 407 g/mol. The molecule has 0 aromatic heterocycles. The highest BCUT2D eigenvalue weighted by Crippen LogP contribution is 2.34. The minimum Gasteiger partial charge on any atom is -0.358 e. The first-order valence-electron chi connectivity index (χ1n) is 9.47. The van der Waals surface area contributed by atoms with E-state index >= 15 is 0 Å². The monoisotopic (exact) mass is 406 g/mol. The molecule has 0 radical (unpaired) electrons. The Morgan fingerprint density at radius 2 is 1.52 bits per heavy atom. The molecule has 1 amide bonds. The quantitative estimate of drug-likeness (QED) is 0.724. The van der Waals surface area contributed by atoms with Crippen molar-refractivity contribution in [1.82, 2.24) is 9.62 Å². The molecule has 3 aromatic carbocycles. The molecule has 5 nitrogen and oxygen atoms in total. The molecule has 0 aliphatic carbocycles. The summed E-state index contributed by atoms with van der Waals surface area (Å²) in [7, 11) is -2.38. The van der Waals surface area contributed by atoms with Gasteiger partial charge in [-0.15, -0.1) is 0 Å². The zero-order valence-electron chi connectivity index (χ0n) is 16.1. The Bertz CT molecular complexity index is 1140. The number of hydrogen-bond acceptors (Lipinski definition) is 3. The molecule has 0 unspecified atom stereocenters. The fourth-order valence-corrected chi connectivity index (χ4v) is 5.60. The third-order valence-electron chi connectivity index (χ3n) is 5.31. The molecular formula is C23H22N2O3S. The smallest absolute Gasteiger partial charge is 0.244 e. The van der Waals surface area contributed by atoms with Crippen LogP contribution in [0.3, 0.4) is 0 Å². The van der Waals surface area contributed by atoms with Gasteiger partial charge in [-0.3, -0.25) is 4.79 Å². The predicted molar refractivity (Wildman–Crippen MR) is 113 cm³/mol. The van der Waals surface area contributed by atoms with Gasteiger partial charge in [0.1, 0.15) is 6.04 Å². The van der Waals surface area contributed by atoms with Crippen LogP contribution in [-0.4, -0.2) is 31.7 Å². The Balaban J connectivity index is 1.84. The Hall–Kier alpha value is -2.96. The number of hydrogen-bond donors (Lipinski definition) is 1. The maximum atomic E-state index is 13.8. The Morgan fingerprint density at radius 3 is 2.24 bits per heavy atom. The van der Waals surface area contributed by atoms with Crippen molar-refractivity contribution in [2.45, 2.75) is 23.9 Å². The van der Waals surface area contributed by atoms with E-state index in [1.807, 2.05) is 60.7 Å². The van der Waals surface area contributed by atoms with Crippen molar-refractivity contribution >= 4 is 15.9 Å². The Labute approximate surface area is 171 Å². The van der Waals surface area contributed by atoms with Crippen molar-refractivity contribution in [3.05, 3.63) is 90.0 Å². The minimum absolute atomic E-state index is 0.166. The maximum Gasteiger partial charge on any atom is 0.244 e. The summed E-state index contributed by atoms with van der Waals surface area (Å²) in [5.74, 6) is -0.305. The van der Waals surface area contributed by atoms with Crippen LogP contribution in [0.4, 0.5) is 0 Å². The van der Waals surface area contributed by atoms with Gasteiger partial charge in [-0.2, -0.15) is 4.31 Å². The van der Waals surface area contributed by atoms with Gasteiger partial charge < -0.3 is 5.32 Å². The second kappa shape index (κ2) is 7.81. The molecule has 148 valence electrons. The van der Waals surface area contributed by atoms with E-state index in [-0.39, 0.29) is 17.3 Å². The Morgan fingerprint density at radius 1 is 0.897 bits per heavy atom. The van der Waals surface area contributed by atoms with Gasteiger partial charge in [0.2, 0.25) is 15.9 Å². The SMILES string of the molecule is CNC(=O)[C@@H]1Cc2ccccc2CN1S(=O)(=O)c1ccccc1-c1ccccc1. The van der Waals surface area contributed by atoms with Crippen LogP contribution >= 0.6 is 0 Å². The van der Waals surface area contributed by atoms with Crippen molar-refractivity contribution in [1.29, 1.82) is 0 Å². The molecule has 29 heavy (non-hydrogen) atoms. The third-order valence-corrected chi connectivity index (χ3v) is 7.23. The average Bonchev–Trinajstić information content (AvgIpc) is 2.78. The fourth-order valence-electron chi connectivity index (χ4n) is 3.82. The highest BCUT2D eigenvalue weighted by Gasteiger charge is 2.40. The van der Waals surface area contributed by atoms with E-state index in [0.717, 1.165) is 16.7 Å². The van der Waals surface area contributed by atoms with Crippen LogP contribution in [0.1, 0.15) is 11.1 Å². The molecule has 1 N–H and O–H groups in total. The number of rotatable bonds is 4. The molecule has 0 saturated heterocycles. The van der Waals surface area contributed by atoms with Gasteiger partial charge in [0.05, 0.1) is 4.90 Å². The second-order valence-electron chi connectivity index (χ2n) is 7.02. The van der Waals surface area contributed by atoms with Crippen molar-refractivity contribution in [2.24, 2.45) is 0 Å². The molecule has 1 aliphatic heterocycles. The van der Waals surface area contributed by atoms with Crippen LogP contribution in [-0.2, 0) is 27.8 Å². The first-order chi connectivity index (χ1) is 14.0. The molecule has 0 saturated carbocycles. The predicted octanol–water partition coefficient (Wildman–Crippen LogP) is 3.22. The van der Waals surface area contributed by atoms with Crippen molar-refractivity contribution < 1.29 is 13.2 Å². The van der Waals surface area contributed by atoms with Crippen LogP contribution in [0.15, 0.2) is 83.8 Å². The summed E-state index contributed by atoms with van der Waals surface area (Å²) in [6.07, 6.45) is 0.350. The summed E-state index contributed by atoms with van der Waals surface area (Å²) in [4.78, 5) is 12.8. The van der Waals surface area contributed by atoms with Gasteiger partial charge in [-0.1, -0.05) is 72.8 Å². The number of benzene rings is 3. The highest BCUT2D eigenvalue weighted by molar-refractivity contribution is 7.89. The number of fused-ring (bicyclic) bond motifs is 1. The number of nitrogens with one attached hydrogen (secondary N) is 1. The molecule has 0 fully saturated rings. The van der Waals surface area contributed by atoms with E-state index in [1.165, 1.54) is 11.4 Å². The van der Waals surface area contributed by atoms with Gasteiger partial charge in [-0.05, 0) is 29.2 Å². The number of likely N-dealkylation sites (N-methyl/N-ethyl adjacent to an activating group) is 1. The van der Waals surface area contributed by atoms with E-state index in [0.29, 0.717) is 12.0 Å². The summed E-state index contributed by atoms with van der Waals surface area (Å²) >= 11 is 0. The van der Waals surface area contributed by atoms with Crippen LogP contribution in [0.25, 0.3) is 11.1 Å². The van der Waals surface area contributed by atoms with Crippen LogP contribution in [0.2, 0.25) is 0 Å². The first kappa shape index (κ1) is 19.4. The molecule has 0 bridgehead atoms. The molecule has 1 heterocycles. The highest BCUT2D eigenvalue weighted by atomic mass is 32.2. The van der Waals surface area contributed by atoms with Gasteiger partial charge in [-0.25, -0.2) is 8.42 Å². The first-order valence-corrected chi connectivity index (χ1v) is 10.9. The zero-order valence-corrected chi connectivity index (χ0v) is 16.9. The van der Waals surface area contributed by atoms with E-state index in [9.17, 15) is 13.2 Å². The van der Waals surface area contributed by atoms with Gasteiger partial charge in [0.25, 0.3) is 0 Å². The van der Waals surface area contributed by atoms with Crippen LogP contribution in [0, 0.1) is 0 Å². The zero-order chi connectivity index (χ0) is 20.4. The lowest BCUT2D eigenvalue weighted by Crippen LogP contribution is -2.51. The molecule has 4 rings (SSSR count). The van der Waals surface area contributed by atoms with E-state index < -0.39 is 16.1 Å². The summed E-state index contributed by atoms with van der Waals surface area (Å²) in [6.45, 7) is 0.166. The summed E-state index contributed by atoms with van der Waals surface area (Å²) in [6, 6.07) is 23.2. The third kappa shape index (κ3) is 3.57. The van der Waals surface area contributed by atoms with Gasteiger partial charge in [0, 0.05) is 19.2 Å². The molecule has 0 spiro atoms. The van der Waals surface area contributed by atoms with E-state index in [4.69, 9.17) is 0 Å². The standard InChI is InChI=1S/C23H22N2O3S/c1-24-23(26)21-15-18-11-5-6-12-19(18)16-25(21)29(27,28)22-14-8-7-13-20(22)17-9-3-2-4-10-17/h2-14,21H,15-16H2,1H3,(H,24,26)/t21-/m0/s1. The molecule has 6 heteroatoms. The molecule has 1 atom stereocenters. The lowest BCUT2D eigenvalue weighted by atomic mass is 9.95. The van der Waals surface area contributed by atoms with E-state index in [1.54, 1.807) is 18.2 Å². The van der Waals surface area contributed by atoms with Crippen molar-refractivity contribution in [3.8, 4) is 11.1 Å². The number of carbonyl (C=O) groups excluding carboxylic acids is 1. The number of carbonyl (C=O) groups is 1. The number of sulfonamides is 1. The lowest BCUT2D eigenvalue weighted by molar-refractivity contribution is -0.124. The van der Waals surface area contributed by atoms with Crippen LogP contribution < -0.4 is 5.32 Å². The van der Waals surface area contributed by atoms with Crippen molar-refractivity contribution in [2.75, 3.05) is 7.05 Å². The topological polar surface area (TPSA) is 66.5 Å². The molecule has 1 aliphatic rings. The van der Waals surface area contributed by atoms with Crippen LogP contribution in [0.5, 0.6) is 0 Å². The van der Waals surface area contributed by atoms with Gasteiger partial charge >= 0.3 is 0 Å². The second-order valence-corrected chi connectivity index (χ2v) is 8.87.